The summed E-state index contributed by atoms with van der Waals surface area (Å²) in [5.74, 6) is 1.00. The van der Waals surface area contributed by atoms with Gasteiger partial charge in [-0.05, 0) is 24.8 Å². The summed E-state index contributed by atoms with van der Waals surface area (Å²) < 4.78 is 21.2. The van der Waals surface area contributed by atoms with Gasteiger partial charge in [-0.2, -0.15) is 0 Å². The molecule has 2 fully saturated rings. The van der Waals surface area contributed by atoms with Crippen molar-refractivity contribution in [1.29, 1.82) is 0 Å². The maximum atomic E-state index is 14.3. The second-order valence-corrected chi connectivity index (χ2v) is 6.99. The molecule has 1 saturated heterocycles. The van der Waals surface area contributed by atoms with Crippen molar-refractivity contribution >= 4 is 11.5 Å². The quantitative estimate of drug-likeness (QED) is 0.901. The highest BCUT2D eigenvalue weighted by molar-refractivity contribution is 5.50. The standard InChI is InChI=1S/C17H23FN4O2/c1-10-3-2-4-11(10)14-7-12(18)15-8-19-17(21-22(14)15)20-13-5-6-24-9-16(13)23/h7-8,10-11,13,16,23H,2-6,9H2,1H3,(H,20,21)/t10-,11-,13+,16+/m0/s1. The summed E-state index contributed by atoms with van der Waals surface area (Å²) in [4.78, 5) is 4.22. The van der Waals surface area contributed by atoms with Crippen molar-refractivity contribution in [2.45, 2.75) is 50.7 Å². The minimum absolute atomic E-state index is 0.148. The normalized spacial score (nSPS) is 30.8. The number of aromatic nitrogens is 3. The third-order valence-electron chi connectivity index (χ3n) is 5.38. The Morgan fingerprint density at radius 2 is 2.25 bits per heavy atom. The van der Waals surface area contributed by atoms with Gasteiger partial charge in [0, 0.05) is 18.2 Å². The molecule has 2 aliphatic rings. The molecule has 130 valence electrons. The third-order valence-corrected chi connectivity index (χ3v) is 5.38. The molecule has 7 heteroatoms. The van der Waals surface area contributed by atoms with Crippen LogP contribution >= 0.6 is 0 Å². The number of rotatable bonds is 3. The lowest BCUT2D eigenvalue weighted by Crippen LogP contribution is -2.42. The van der Waals surface area contributed by atoms with Gasteiger partial charge < -0.3 is 15.2 Å². The smallest absolute Gasteiger partial charge is 0.241 e. The molecule has 2 N–H and O–H groups in total. The molecule has 3 heterocycles. The van der Waals surface area contributed by atoms with Crippen LogP contribution < -0.4 is 5.32 Å². The molecule has 0 amide bonds. The first-order valence-electron chi connectivity index (χ1n) is 8.70. The first kappa shape index (κ1) is 15.8. The lowest BCUT2D eigenvalue weighted by Gasteiger charge is -2.28. The summed E-state index contributed by atoms with van der Waals surface area (Å²) in [6.07, 6.45) is 5.02. The Balaban J connectivity index is 1.66. The number of nitrogens with one attached hydrogen (secondary N) is 1. The topological polar surface area (TPSA) is 71.7 Å². The molecular formula is C17H23FN4O2. The summed E-state index contributed by atoms with van der Waals surface area (Å²) in [7, 11) is 0. The van der Waals surface area contributed by atoms with Crippen LogP contribution in [0.5, 0.6) is 0 Å². The molecular weight excluding hydrogens is 311 g/mol. The molecule has 2 aromatic rings. The number of halogens is 1. The second kappa shape index (κ2) is 6.29. The summed E-state index contributed by atoms with van der Waals surface area (Å²) >= 11 is 0. The SMILES string of the molecule is C[C@H]1CCC[C@@H]1c1cc(F)c2cnc(N[C@@H]3CCOC[C@H]3O)nn12. The molecule has 1 aliphatic carbocycles. The van der Waals surface area contributed by atoms with E-state index in [0.29, 0.717) is 42.9 Å². The number of aliphatic hydroxyl groups is 1. The zero-order chi connectivity index (χ0) is 16.7. The average Bonchev–Trinajstić information content (AvgIpc) is 3.13. The zero-order valence-corrected chi connectivity index (χ0v) is 13.8. The van der Waals surface area contributed by atoms with Crippen LogP contribution in [0.3, 0.4) is 0 Å². The van der Waals surface area contributed by atoms with Crippen molar-refractivity contribution in [3.8, 4) is 0 Å². The van der Waals surface area contributed by atoms with E-state index in [2.05, 4.69) is 22.3 Å². The lowest BCUT2D eigenvalue weighted by molar-refractivity contribution is -0.0136. The Hall–Kier alpha value is -1.73. The van der Waals surface area contributed by atoms with Crippen molar-refractivity contribution in [3.63, 3.8) is 0 Å². The van der Waals surface area contributed by atoms with E-state index in [9.17, 15) is 9.50 Å². The molecule has 1 aliphatic heterocycles. The molecule has 24 heavy (non-hydrogen) atoms. The van der Waals surface area contributed by atoms with Crippen LogP contribution in [-0.4, -0.2) is 45.1 Å². The number of anilines is 1. The van der Waals surface area contributed by atoms with Gasteiger partial charge in [0.05, 0.1) is 24.9 Å². The van der Waals surface area contributed by atoms with E-state index in [0.717, 1.165) is 12.1 Å². The number of fused-ring (bicyclic) bond motifs is 1. The van der Waals surface area contributed by atoms with Gasteiger partial charge in [0.25, 0.3) is 0 Å². The Kier molecular flexibility index (Phi) is 4.14. The molecule has 4 rings (SSSR count). The molecule has 0 unspecified atom stereocenters. The number of hydrogen-bond acceptors (Lipinski definition) is 5. The Morgan fingerprint density at radius 1 is 1.38 bits per heavy atom. The van der Waals surface area contributed by atoms with E-state index in [1.807, 2.05) is 0 Å². The fraction of sp³-hybridized carbons (Fsp3) is 0.647. The van der Waals surface area contributed by atoms with Gasteiger partial charge in [-0.1, -0.05) is 19.8 Å². The summed E-state index contributed by atoms with van der Waals surface area (Å²) in [6.45, 7) is 3.12. The minimum atomic E-state index is -0.589. The highest BCUT2D eigenvalue weighted by Gasteiger charge is 2.29. The zero-order valence-electron chi connectivity index (χ0n) is 13.8. The fourth-order valence-corrected chi connectivity index (χ4v) is 3.95. The number of hydrogen-bond donors (Lipinski definition) is 2. The van der Waals surface area contributed by atoms with Gasteiger partial charge >= 0.3 is 0 Å². The maximum absolute atomic E-state index is 14.3. The van der Waals surface area contributed by atoms with Crippen LogP contribution in [0.15, 0.2) is 12.3 Å². The molecule has 0 aromatic carbocycles. The first-order chi connectivity index (χ1) is 11.6. The van der Waals surface area contributed by atoms with E-state index in [-0.39, 0.29) is 11.9 Å². The van der Waals surface area contributed by atoms with E-state index >= 15 is 0 Å². The van der Waals surface area contributed by atoms with E-state index in [1.54, 1.807) is 10.6 Å². The van der Waals surface area contributed by atoms with E-state index in [1.165, 1.54) is 19.0 Å². The first-order valence-corrected chi connectivity index (χ1v) is 8.70. The van der Waals surface area contributed by atoms with Crippen LogP contribution in [0, 0.1) is 11.7 Å². The molecule has 2 aromatic heterocycles. The van der Waals surface area contributed by atoms with Gasteiger partial charge in [0.15, 0.2) is 5.82 Å². The van der Waals surface area contributed by atoms with Crippen LogP contribution in [0.2, 0.25) is 0 Å². The van der Waals surface area contributed by atoms with Gasteiger partial charge in [-0.15, -0.1) is 5.10 Å². The number of aliphatic hydroxyl groups excluding tert-OH is 1. The molecule has 4 atom stereocenters. The van der Waals surface area contributed by atoms with Crippen LogP contribution in [0.1, 0.15) is 44.2 Å². The molecule has 0 radical (unpaired) electrons. The largest absolute Gasteiger partial charge is 0.389 e. The fourth-order valence-electron chi connectivity index (χ4n) is 3.95. The Labute approximate surface area is 140 Å². The molecule has 6 nitrogen and oxygen atoms in total. The van der Waals surface area contributed by atoms with Gasteiger partial charge in [-0.25, -0.2) is 13.9 Å². The molecule has 0 bridgehead atoms. The third kappa shape index (κ3) is 2.75. The minimum Gasteiger partial charge on any atom is -0.389 e. The van der Waals surface area contributed by atoms with Crippen molar-refractivity contribution < 1.29 is 14.2 Å². The van der Waals surface area contributed by atoms with Crippen molar-refractivity contribution in [1.82, 2.24) is 14.6 Å². The van der Waals surface area contributed by atoms with Crippen molar-refractivity contribution in [3.05, 3.63) is 23.8 Å². The molecule has 1 saturated carbocycles. The van der Waals surface area contributed by atoms with Crippen molar-refractivity contribution in [2.75, 3.05) is 18.5 Å². The van der Waals surface area contributed by atoms with E-state index < -0.39 is 6.10 Å². The monoisotopic (exact) mass is 334 g/mol. The average molecular weight is 334 g/mol. The number of nitrogens with zero attached hydrogens (tertiary/aromatic N) is 3. The van der Waals surface area contributed by atoms with E-state index in [4.69, 9.17) is 4.74 Å². The lowest BCUT2D eigenvalue weighted by atomic mass is 9.95. The Morgan fingerprint density at radius 3 is 3.00 bits per heavy atom. The Bertz CT molecular complexity index is 735. The predicted molar refractivity (Wildman–Crippen MR) is 87.6 cm³/mol. The highest BCUT2D eigenvalue weighted by Crippen LogP contribution is 2.40. The summed E-state index contributed by atoms with van der Waals surface area (Å²) in [6, 6.07) is 1.45. The van der Waals surface area contributed by atoms with Crippen molar-refractivity contribution in [2.24, 2.45) is 5.92 Å². The number of ether oxygens (including phenoxy) is 1. The van der Waals surface area contributed by atoms with Crippen LogP contribution in [0.25, 0.3) is 5.52 Å². The predicted octanol–water partition coefficient (Wildman–Crippen LogP) is 2.33. The second-order valence-electron chi connectivity index (χ2n) is 6.99. The highest BCUT2D eigenvalue weighted by atomic mass is 19.1. The van der Waals surface area contributed by atoms with Gasteiger partial charge in [-0.3, -0.25) is 0 Å². The van der Waals surface area contributed by atoms with Gasteiger partial charge in [0.2, 0.25) is 5.95 Å². The van der Waals surface area contributed by atoms with Crippen LogP contribution in [-0.2, 0) is 4.74 Å². The van der Waals surface area contributed by atoms with Crippen LogP contribution in [0.4, 0.5) is 10.3 Å². The summed E-state index contributed by atoms with van der Waals surface area (Å²) in [5.41, 5.74) is 1.33. The molecule has 0 spiro atoms. The maximum Gasteiger partial charge on any atom is 0.241 e. The van der Waals surface area contributed by atoms with Gasteiger partial charge in [0.1, 0.15) is 5.52 Å². The summed E-state index contributed by atoms with van der Waals surface area (Å²) in [5, 5.41) is 17.7.